The largest absolute Gasteiger partial charge is 0.341 e. The normalized spacial score (nSPS) is 20.2. The topological polar surface area (TPSA) is 40.7 Å². The summed E-state index contributed by atoms with van der Waals surface area (Å²) in [7, 11) is 0. The van der Waals surface area contributed by atoms with Crippen LogP contribution in [0.25, 0.3) is 11.3 Å². The zero-order valence-electron chi connectivity index (χ0n) is 10.8. The first-order valence-corrected chi connectivity index (χ1v) is 7.25. The number of H-pyrrole nitrogens is 1. The fourth-order valence-corrected chi connectivity index (χ4v) is 2.83. The smallest absolute Gasteiger partial charge is 0.123 e. The van der Waals surface area contributed by atoms with E-state index < -0.39 is 0 Å². The molecule has 1 aliphatic rings. The average Bonchev–Trinajstić information content (AvgIpc) is 2.75. The molecule has 0 bridgehead atoms. The Hall–Kier alpha value is -1.32. The van der Waals surface area contributed by atoms with Crippen LogP contribution in [0.1, 0.15) is 37.5 Å². The van der Waals surface area contributed by atoms with Crippen molar-refractivity contribution in [1.29, 1.82) is 0 Å². The first-order chi connectivity index (χ1) is 9.34. The Labute approximate surface area is 118 Å². The third-order valence-electron chi connectivity index (χ3n) is 3.65. The quantitative estimate of drug-likeness (QED) is 0.872. The van der Waals surface area contributed by atoms with E-state index in [1.54, 1.807) is 0 Å². The lowest BCUT2D eigenvalue weighted by Gasteiger charge is -2.12. The van der Waals surface area contributed by atoms with Gasteiger partial charge in [0.25, 0.3) is 0 Å². The van der Waals surface area contributed by atoms with Gasteiger partial charge in [0.15, 0.2) is 0 Å². The highest BCUT2D eigenvalue weighted by molar-refractivity contribution is 6.33. The summed E-state index contributed by atoms with van der Waals surface area (Å²) in [6.07, 6.45) is 6.86. The number of hydrogen-bond donors (Lipinski definition) is 2. The van der Waals surface area contributed by atoms with Crippen molar-refractivity contribution < 1.29 is 0 Å². The maximum absolute atomic E-state index is 6.22. The minimum atomic E-state index is 0.346. The molecule has 1 aromatic heterocycles. The number of hydrogen-bond acceptors (Lipinski definition) is 2. The van der Waals surface area contributed by atoms with Crippen molar-refractivity contribution in [2.75, 3.05) is 6.54 Å². The van der Waals surface area contributed by atoms with E-state index in [-0.39, 0.29) is 0 Å². The third-order valence-corrected chi connectivity index (χ3v) is 3.98. The summed E-state index contributed by atoms with van der Waals surface area (Å²) >= 11 is 6.22. The molecule has 1 atom stereocenters. The van der Waals surface area contributed by atoms with Crippen LogP contribution in [0.2, 0.25) is 5.02 Å². The van der Waals surface area contributed by atoms with Crippen LogP contribution >= 0.6 is 11.6 Å². The summed E-state index contributed by atoms with van der Waals surface area (Å²) in [5.74, 6) is 1.02. The van der Waals surface area contributed by atoms with E-state index >= 15 is 0 Å². The highest BCUT2D eigenvalue weighted by Gasteiger charge is 2.17. The van der Waals surface area contributed by atoms with Gasteiger partial charge in [-0.15, -0.1) is 0 Å². The number of halogens is 1. The van der Waals surface area contributed by atoms with E-state index in [4.69, 9.17) is 11.6 Å². The molecule has 2 aromatic rings. The van der Waals surface area contributed by atoms with Gasteiger partial charge in [0.1, 0.15) is 5.82 Å². The van der Waals surface area contributed by atoms with E-state index in [0.29, 0.717) is 6.04 Å². The fourth-order valence-electron chi connectivity index (χ4n) is 2.59. The molecular formula is C15H18ClN3. The SMILES string of the molecule is Clc1ccccc1-c1cnc(C2CCCCCN2)[nH]1. The van der Waals surface area contributed by atoms with Crippen molar-refractivity contribution in [2.24, 2.45) is 0 Å². The van der Waals surface area contributed by atoms with Gasteiger partial charge in [0, 0.05) is 10.6 Å². The molecule has 1 aromatic carbocycles. The number of benzene rings is 1. The molecule has 4 heteroatoms. The number of aromatic amines is 1. The van der Waals surface area contributed by atoms with Crippen LogP contribution < -0.4 is 5.32 Å². The van der Waals surface area contributed by atoms with Crippen molar-refractivity contribution >= 4 is 11.6 Å². The monoisotopic (exact) mass is 275 g/mol. The highest BCUT2D eigenvalue weighted by Crippen LogP contribution is 2.28. The van der Waals surface area contributed by atoms with Crippen LogP contribution in [0, 0.1) is 0 Å². The van der Waals surface area contributed by atoms with Crippen molar-refractivity contribution in [3.05, 3.63) is 41.3 Å². The summed E-state index contributed by atoms with van der Waals surface area (Å²) < 4.78 is 0. The maximum atomic E-state index is 6.22. The molecule has 0 spiro atoms. The van der Waals surface area contributed by atoms with Crippen LogP contribution in [0.3, 0.4) is 0 Å². The number of nitrogens with one attached hydrogen (secondary N) is 2. The van der Waals surface area contributed by atoms with Gasteiger partial charge in [0.2, 0.25) is 0 Å². The molecule has 0 radical (unpaired) electrons. The molecule has 0 saturated carbocycles. The molecular weight excluding hydrogens is 258 g/mol. The molecule has 1 fully saturated rings. The zero-order chi connectivity index (χ0) is 13.1. The van der Waals surface area contributed by atoms with Crippen molar-refractivity contribution in [1.82, 2.24) is 15.3 Å². The Morgan fingerprint density at radius 1 is 1.16 bits per heavy atom. The Kier molecular flexibility index (Phi) is 3.85. The number of imidazole rings is 1. The minimum Gasteiger partial charge on any atom is -0.341 e. The summed E-state index contributed by atoms with van der Waals surface area (Å²) in [4.78, 5) is 7.93. The molecule has 3 rings (SSSR count). The third kappa shape index (κ3) is 2.82. The second-order valence-electron chi connectivity index (χ2n) is 5.02. The predicted molar refractivity (Wildman–Crippen MR) is 78.2 cm³/mol. The van der Waals surface area contributed by atoms with E-state index in [9.17, 15) is 0 Å². The number of rotatable bonds is 2. The number of aromatic nitrogens is 2. The van der Waals surface area contributed by atoms with Gasteiger partial charge < -0.3 is 10.3 Å². The van der Waals surface area contributed by atoms with Crippen LogP contribution in [-0.4, -0.2) is 16.5 Å². The van der Waals surface area contributed by atoms with Gasteiger partial charge in [-0.05, 0) is 25.5 Å². The molecule has 3 nitrogen and oxygen atoms in total. The van der Waals surface area contributed by atoms with Gasteiger partial charge in [-0.1, -0.05) is 42.6 Å². The van der Waals surface area contributed by atoms with Crippen LogP contribution in [0.15, 0.2) is 30.5 Å². The van der Waals surface area contributed by atoms with Crippen molar-refractivity contribution in [3.63, 3.8) is 0 Å². The van der Waals surface area contributed by atoms with E-state index in [1.807, 2.05) is 30.5 Å². The fraction of sp³-hybridized carbons (Fsp3) is 0.400. The van der Waals surface area contributed by atoms with Gasteiger partial charge in [-0.2, -0.15) is 0 Å². The summed E-state index contributed by atoms with van der Waals surface area (Å²) in [6.45, 7) is 1.08. The van der Waals surface area contributed by atoms with Crippen LogP contribution in [0.4, 0.5) is 0 Å². The van der Waals surface area contributed by atoms with Gasteiger partial charge in [0.05, 0.1) is 17.9 Å². The van der Waals surface area contributed by atoms with Gasteiger partial charge in [-0.25, -0.2) is 4.98 Å². The second kappa shape index (κ2) is 5.76. The molecule has 0 amide bonds. The summed E-state index contributed by atoms with van der Waals surface area (Å²) in [5.41, 5.74) is 2.00. The maximum Gasteiger partial charge on any atom is 0.123 e. The van der Waals surface area contributed by atoms with E-state index in [2.05, 4.69) is 15.3 Å². The standard InChI is InChI=1S/C15H18ClN3/c16-12-7-4-3-6-11(12)14-10-18-15(19-14)13-8-2-1-5-9-17-13/h3-4,6-7,10,13,17H,1-2,5,8-9H2,(H,18,19). The van der Waals surface area contributed by atoms with Gasteiger partial charge in [-0.3, -0.25) is 0 Å². The molecule has 0 aliphatic carbocycles. The van der Waals surface area contributed by atoms with Crippen molar-refractivity contribution in [2.45, 2.75) is 31.7 Å². The Morgan fingerprint density at radius 2 is 2.05 bits per heavy atom. The molecule has 100 valence electrons. The predicted octanol–water partition coefficient (Wildman–Crippen LogP) is 3.93. The Morgan fingerprint density at radius 3 is 2.95 bits per heavy atom. The molecule has 1 saturated heterocycles. The number of nitrogens with zero attached hydrogens (tertiary/aromatic N) is 1. The molecule has 2 heterocycles. The van der Waals surface area contributed by atoms with Crippen molar-refractivity contribution in [3.8, 4) is 11.3 Å². The lowest BCUT2D eigenvalue weighted by Crippen LogP contribution is -2.21. The lowest BCUT2D eigenvalue weighted by molar-refractivity contribution is 0.512. The first-order valence-electron chi connectivity index (χ1n) is 6.88. The first kappa shape index (κ1) is 12.7. The second-order valence-corrected chi connectivity index (χ2v) is 5.43. The highest BCUT2D eigenvalue weighted by atomic mass is 35.5. The molecule has 1 aliphatic heterocycles. The molecule has 2 N–H and O–H groups in total. The van der Waals surface area contributed by atoms with Gasteiger partial charge >= 0.3 is 0 Å². The Balaban J connectivity index is 1.85. The minimum absolute atomic E-state index is 0.346. The molecule has 19 heavy (non-hydrogen) atoms. The average molecular weight is 276 g/mol. The van der Waals surface area contributed by atoms with Crippen LogP contribution in [-0.2, 0) is 0 Å². The zero-order valence-corrected chi connectivity index (χ0v) is 11.6. The lowest BCUT2D eigenvalue weighted by atomic mass is 10.1. The molecule has 1 unspecified atom stereocenters. The van der Waals surface area contributed by atoms with E-state index in [1.165, 1.54) is 19.3 Å². The van der Waals surface area contributed by atoms with E-state index in [0.717, 1.165) is 35.1 Å². The van der Waals surface area contributed by atoms with Crippen LogP contribution in [0.5, 0.6) is 0 Å². The Bertz CT molecular complexity index is 542. The summed E-state index contributed by atoms with van der Waals surface area (Å²) in [6, 6.07) is 8.20. The summed E-state index contributed by atoms with van der Waals surface area (Å²) in [5, 5.41) is 4.31.